The molecule has 0 radical (unpaired) electrons. The normalized spacial score (nSPS) is 16.6. The first kappa shape index (κ1) is 16.0. The van der Waals surface area contributed by atoms with E-state index in [-0.39, 0.29) is 16.3 Å². The summed E-state index contributed by atoms with van der Waals surface area (Å²) in [6.07, 6.45) is 4.36. The molecule has 1 saturated carbocycles. The van der Waals surface area contributed by atoms with Crippen LogP contribution in [0.5, 0.6) is 5.75 Å². The van der Waals surface area contributed by atoms with Gasteiger partial charge in [-0.15, -0.1) is 0 Å². The summed E-state index contributed by atoms with van der Waals surface area (Å²) >= 11 is 0. The molecule has 0 bridgehead atoms. The largest absolute Gasteiger partial charge is 0.492 e. The minimum absolute atomic E-state index is 0.0228. The molecule has 1 fully saturated rings. The molecule has 0 heterocycles. The number of sulfonamides is 1. The maximum atomic E-state index is 13.8. The second-order valence-corrected chi connectivity index (χ2v) is 7.51. The summed E-state index contributed by atoms with van der Waals surface area (Å²) < 4.78 is 44.9. The van der Waals surface area contributed by atoms with E-state index in [9.17, 15) is 12.8 Å². The topological polar surface area (TPSA) is 72.6 Å². The summed E-state index contributed by atoms with van der Waals surface area (Å²) in [5.74, 6) is -0.525. The number of nitrogen functional groups attached to an aromatic ring is 1. The van der Waals surface area contributed by atoms with Gasteiger partial charge in [-0.05, 0) is 30.9 Å². The lowest BCUT2D eigenvalue weighted by Gasteiger charge is -2.21. The van der Waals surface area contributed by atoms with Crippen molar-refractivity contribution in [3.8, 4) is 5.75 Å². The Kier molecular flexibility index (Phi) is 4.73. The smallest absolute Gasteiger partial charge is 0.243 e. The van der Waals surface area contributed by atoms with Crippen molar-refractivity contribution in [3.63, 3.8) is 0 Å². The average molecular weight is 316 g/mol. The highest BCUT2D eigenvalue weighted by molar-refractivity contribution is 7.89. The first-order valence-electron chi connectivity index (χ1n) is 6.95. The van der Waals surface area contributed by atoms with Gasteiger partial charge in [0.1, 0.15) is 0 Å². The second-order valence-electron chi connectivity index (χ2n) is 5.46. The lowest BCUT2D eigenvalue weighted by Crippen LogP contribution is -2.31. The Balaban J connectivity index is 2.26. The Morgan fingerprint density at radius 1 is 1.38 bits per heavy atom. The van der Waals surface area contributed by atoms with Crippen LogP contribution in [0.2, 0.25) is 0 Å². The first-order chi connectivity index (χ1) is 9.86. The summed E-state index contributed by atoms with van der Waals surface area (Å²) in [6, 6.07) is 2.19. The quantitative estimate of drug-likeness (QED) is 0.846. The van der Waals surface area contributed by atoms with Gasteiger partial charge < -0.3 is 10.5 Å². The number of nitrogens with two attached hydrogens (primary N) is 1. The Bertz CT molecular complexity index is 590. The van der Waals surface area contributed by atoms with E-state index in [0.29, 0.717) is 12.5 Å². The molecule has 1 aliphatic carbocycles. The fourth-order valence-corrected chi connectivity index (χ4v) is 4.08. The average Bonchev–Trinajstić information content (AvgIpc) is 2.91. The molecule has 21 heavy (non-hydrogen) atoms. The van der Waals surface area contributed by atoms with Crippen LogP contribution >= 0.6 is 0 Å². The van der Waals surface area contributed by atoms with Gasteiger partial charge in [-0.25, -0.2) is 17.1 Å². The molecule has 1 aromatic carbocycles. The van der Waals surface area contributed by atoms with E-state index in [0.717, 1.165) is 31.7 Å². The van der Waals surface area contributed by atoms with E-state index in [4.69, 9.17) is 10.5 Å². The maximum Gasteiger partial charge on any atom is 0.243 e. The molecule has 2 N–H and O–H groups in total. The van der Waals surface area contributed by atoms with E-state index >= 15 is 0 Å². The summed E-state index contributed by atoms with van der Waals surface area (Å²) in [5.41, 5.74) is 5.62. The molecule has 7 heteroatoms. The standard InChI is InChI=1S/C14H21FN2O3S/c1-17(9-10-5-3-4-6-10)21(18,19)11-7-12(15)14(20-2)13(16)8-11/h7-8,10H,3-6,9,16H2,1-2H3. The number of hydrogen-bond acceptors (Lipinski definition) is 4. The van der Waals surface area contributed by atoms with Gasteiger partial charge in [-0.2, -0.15) is 0 Å². The van der Waals surface area contributed by atoms with Crippen LogP contribution in [-0.4, -0.2) is 33.4 Å². The van der Waals surface area contributed by atoms with Crippen molar-refractivity contribution in [2.45, 2.75) is 30.6 Å². The number of benzene rings is 1. The Hall–Kier alpha value is -1.34. The highest BCUT2D eigenvalue weighted by Crippen LogP contribution is 2.31. The molecule has 2 rings (SSSR count). The van der Waals surface area contributed by atoms with Crippen LogP contribution in [0.25, 0.3) is 0 Å². The predicted molar refractivity (Wildman–Crippen MR) is 79.1 cm³/mol. The van der Waals surface area contributed by atoms with Crippen molar-refractivity contribution >= 4 is 15.7 Å². The fourth-order valence-electron chi connectivity index (χ4n) is 2.79. The van der Waals surface area contributed by atoms with Gasteiger partial charge in [0.25, 0.3) is 0 Å². The monoisotopic (exact) mass is 316 g/mol. The molecular weight excluding hydrogens is 295 g/mol. The zero-order valence-electron chi connectivity index (χ0n) is 12.3. The molecule has 0 spiro atoms. The summed E-state index contributed by atoms with van der Waals surface area (Å²) in [4.78, 5) is -0.140. The summed E-state index contributed by atoms with van der Waals surface area (Å²) in [7, 11) is -0.932. The summed E-state index contributed by atoms with van der Waals surface area (Å²) in [6.45, 7) is 0.454. The number of methoxy groups -OCH3 is 1. The van der Waals surface area contributed by atoms with Crippen LogP contribution in [0.4, 0.5) is 10.1 Å². The van der Waals surface area contributed by atoms with Crippen LogP contribution in [0.15, 0.2) is 17.0 Å². The van der Waals surface area contributed by atoms with Gasteiger partial charge in [0.2, 0.25) is 10.0 Å². The van der Waals surface area contributed by atoms with Crippen LogP contribution < -0.4 is 10.5 Å². The molecule has 0 unspecified atom stereocenters. The van der Waals surface area contributed by atoms with Crippen molar-refractivity contribution in [3.05, 3.63) is 17.9 Å². The van der Waals surface area contributed by atoms with E-state index in [1.54, 1.807) is 0 Å². The number of hydrogen-bond donors (Lipinski definition) is 1. The predicted octanol–water partition coefficient (Wildman–Crippen LogP) is 2.23. The maximum absolute atomic E-state index is 13.8. The lowest BCUT2D eigenvalue weighted by molar-refractivity contribution is 0.383. The van der Waals surface area contributed by atoms with E-state index in [1.165, 1.54) is 24.5 Å². The van der Waals surface area contributed by atoms with Gasteiger partial charge in [0.15, 0.2) is 11.6 Å². The molecule has 1 aliphatic rings. The molecule has 118 valence electrons. The van der Waals surface area contributed by atoms with Gasteiger partial charge >= 0.3 is 0 Å². The molecule has 0 aliphatic heterocycles. The Labute approximate surface area is 124 Å². The third-order valence-corrected chi connectivity index (χ3v) is 5.75. The lowest BCUT2D eigenvalue weighted by atomic mass is 10.1. The molecular formula is C14H21FN2O3S. The number of anilines is 1. The molecule has 5 nitrogen and oxygen atoms in total. The van der Waals surface area contributed by atoms with Crippen LogP contribution in [0.1, 0.15) is 25.7 Å². The van der Waals surface area contributed by atoms with E-state index in [2.05, 4.69) is 0 Å². The van der Waals surface area contributed by atoms with E-state index in [1.807, 2.05) is 0 Å². The Morgan fingerprint density at radius 2 is 2.00 bits per heavy atom. The number of halogens is 1. The highest BCUT2D eigenvalue weighted by atomic mass is 32.2. The third kappa shape index (κ3) is 3.29. The van der Waals surface area contributed by atoms with Gasteiger partial charge in [-0.1, -0.05) is 12.8 Å². The van der Waals surface area contributed by atoms with Crippen molar-refractivity contribution in [2.24, 2.45) is 5.92 Å². The minimum atomic E-state index is -3.74. The van der Waals surface area contributed by atoms with Crippen LogP contribution in [-0.2, 0) is 10.0 Å². The van der Waals surface area contributed by atoms with Crippen molar-refractivity contribution in [2.75, 3.05) is 26.4 Å². The molecule has 1 aromatic rings. The molecule has 0 amide bonds. The third-order valence-electron chi connectivity index (χ3n) is 3.95. The fraction of sp³-hybridized carbons (Fsp3) is 0.571. The zero-order chi connectivity index (χ0) is 15.6. The SMILES string of the molecule is COc1c(N)cc(S(=O)(=O)N(C)CC2CCCC2)cc1F. The molecule has 0 aromatic heterocycles. The first-order valence-corrected chi connectivity index (χ1v) is 8.39. The minimum Gasteiger partial charge on any atom is -0.492 e. The van der Waals surface area contributed by atoms with Crippen LogP contribution in [0, 0.1) is 11.7 Å². The summed E-state index contributed by atoms with van der Waals surface area (Å²) in [5, 5.41) is 0. The van der Waals surface area contributed by atoms with Gasteiger partial charge in [-0.3, -0.25) is 0 Å². The van der Waals surface area contributed by atoms with E-state index < -0.39 is 15.8 Å². The second kappa shape index (κ2) is 6.19. The van der Waals surface area contributed by atoms with Crippen molar-refractivity contribution < 1.29 is 17.5 Å². The number of rotatable bonds is 5. The zero-order valence-corrected chi connectivity index (χ0v) is 13.1. The van der Waals surface area contributed by atoms with Gasteiger partial charge in [0, 0.05) is 13.6 Å². The molecule has 0 atom stereocenters. The van der Waals surface area contributed by atoms with Crippen molar-refractivity contribution in [1.82, 2.24) is 4.31 Å². The number of ether oxygens (including phenoxy) is 1. The van der Waals surface area contributed by atoms with Gasteiger partial charge in [0.05, 0.1) is 17.7 Å². The molecule has 0 saturated heterocycles. The van der Waals surface area contributed by atoms with Crippen LogP contribution in [0.3, 0.4) is 0 Å². The number of nitrogens with zero attached hydrogens (tertiary/aromatic N) is 1. The Morgan fingerprint density at radius 3 is 2.52 bits per heavy atom. The highest BCUT2D eigenvalue weighted by Gasteiger charge is 2.27. The van der Waals surface area contributed by atoms with Crippen molar-refractivity contribution in [1.29, 1.82) is 0 Å².